The minimum Gasteiger partial charge on any atom is -0.394 e. The fourth-order valence-corrected chi connectivity index (χ4v) is 2.52. The van der Waals surface area contributed by atoms with Crippen LogP contribution in [0, 0.1) is 0 Å². The number of nitrogens with one attached hydrogen (secondary N) is 1. The van der Waals surface area contributed by atoms with Gasteiger partial charge in [-0.2, -0.15) is 0 Å². The summed E-state index contributed by atoms with van der Waals surface area (Å²) in [5.41, 5.74) is 0.967. The molecule has 144 valence electrons. The number of nitrogens with zero attached hydrogens (tertiary/aromatic N) is 1. The first-order chi connectivity index (χ1) is 12.5. The summed E-state index contributed by atoms with van der Waals surface area (Å²) in [5, 5.41) is 35.5. The van der Waals surface area contributed by atoms with Crippen LogP contribution in [0.1, 0.15) is 12.5 Å². The van der Waals surface area contributed by atoms with Crippen LogP contribution in [0.25, 0.3) is 0 Å². The van der Waals surface area contributed by atoms with Crippen molar-refractivity contribution in [1.82, 2.24) is 5.32 Å². The molecule has 9 nitrogen and oxygen atoms in total. The molecule has 1 aliphatic rings. The van der Waals surface area contributed by atoms with Crippen LogP contribution in [0.4, 0.5) is 0 Å². The molecule has 0 saturated carbocycles. The van der Waals surface area contributed by atoms with Crippen molar-refractivity contribution in [2.45, 2.75) is 44.2 Å². The van der Waals surface area contributed by atoms with Crippen LogP contribution in [-0.4, -0.2) is 71.3 Å². The van der Waals surface area contributed by atoms with E-state index in [0.717, 1.165) is 5.56 Å². The Labute approximate surface area is 151 Å². The molecule has 0 aliphatic carbocycles. The zero-order valence-electron chi connectivity index (χ0n) is 14.4. The van der Waals surface area contributed by atoms with Gasteiger partial charge in [0.1, 0.15) is 31.0 Å². The molecular weight excluding hydrogens is 344 g/mol. The monoisotopic (exact) mass is 368 g/mol. The van der Waals surface area contributed by atoms with Crippen LogP contribution >= 0.6 is 0 Å². The molecule has 1 amide bonds. The van der Waals surface area contributed by atoms with Gasteiger partial charge in [0, 0.05) is 6.92 Å². The Hall–Kier alpha value is -2.04. The third-order valence-electron chi connectivity index (χ3n) is 3.81. The molecule has 0 radical (unpaired) electrons. The molecule has 0 bridgehead atoms. The lowest BCUT2D eigenvalue weighted by Gasteiger charge is -2.41. The van der Waals surface area contributed by atoms with Crippen molar-refractivity contribution < 1.29 is 34.4 Å². The quantitative estimate of drug-likeness (QED) is 0.347. The highest BCUT2D eigenvalue weighted by atomic mass is 16.7. The smallest absolute Gasteiger partial charge is 0.217 e. The van der Waals surface area contributed by atoms with Crippen molar-refractivity contribution in [3.8, 4) is 0 Å². The topological polar surface area (TPSA) is 130 Å². The van der Waals surface area contributed by atoms with Gasteiger partial charge in [-0.3, -0.25) is 4.79 Å². The molecule has 0 spiro atoms. The molecule has 1 aliphatic heterocycles. The zero-order valence-corrected chi connectivity index (χ0v) is 14.4. The van der Waals surface area contributed by atoms with Crippen LogP contribution in [-0.2, 0) is 25.7 Å². The second-order valence-electron chi connectivity index (χ2n) is 5.81. The summed E-state index contributed by atoms with van der Waals surface area (Å²) in [6.45, 7) is 1.06. The summed E-state index contributed by atoms with van der Waals surface area (Å²) in [6.07, 6.45) is -3.41. The maximum atomic E-state index is 11.3. The number of aliphatic hydroxyl groups is 3. The third-order valence-corrected chi connectivity index (χ3v) is 3.81. The van der Waals surface area contributed by atoms with E-state index >= 15 is 0 Å². The number of amides is 1. The first-order valence-electron chi connectivity index (χ1n) is 8.21. The molecular formula is C17H24N2O7. The summed E-state index contributed by atoms with van der Waals surface area (Å²) in [6, 6.07) is 8.52. The normalized spacial score (nSPS) is 28.8. The molecule has 1 aromatic carbocycles. The molecule has 2 rings (SSSR count). The lowest BCUT2D eigenvalue weighted by atomic mass is 9.97. The van der Waals surface area contributed by atoms with E-state index in [2.05, 4.69) is 10.5 Å². The molecule has 1 aromatic rings. The minimum absolute atomic E-state index is 0.0174. The molecule has 26 heavy (non-hydrogen) atoms. The Morgan fingerprint density at radius 2 is 2.04 bits per heavy atom. The van der Waals surface area contributed by atoms with Gasteiger partial charge in [0.05, 0.1) is 19.4 Å². The van der Waals surface area contributed by atoms with Gasteiger partial charge in [-0.05, 0) is 5.56 Å². The molecule has 1 heterocycles. The van der Waals surface area contributed by atoms with Crippen molar-refractivity contribution in [3.63, 3.8) is 0 Å². The van der Waals surface area contributed by atoms with Gasteiger partial charge in [0.2, 0.25) is 5.91 Å². The van der Waals surface area contributed by atoms with Gasteiger partial charge in [-0.25, -0.2) is 0 Å². The highest BCUT2D eigenvalue weighted by Gasteiger charge is 2.45. The van der Waals surface area contributed by atoms with Crippen LogP contribution < -0.4 is 5.32 Å². The Balaban J connectivity index is 1.84. The lowest BCUT2D eigenvalue weighted by Crippen LogP contribution is -2.64. The summed E-state index contributed by atoms with van der Waals surface area (Å²) in [4.78, 5) is 16.4. The van der Waals surface area contributed by atoms with E-state index in [1.54, 1.807) is 0 Å². The van der Waals surface area contributed by atoms with Gasteiger partial charge in [0.25, 0.3) is 0 Å². The molecule has 1 saturated heterocycles. The zero-order chi connectivity index (χ0) is 18.9. The average molecular weight is 368 g/mol. The van der Waals surface area contributed by atoms with E-state index in [1.165, 1.54) is 13.1 Å². The van der Waals surface area contributed by atoms with Crippen LogP contribution in [0.15, 0.2) is 35.5 Å². The number of rotatable bonds is 8. The first kappa shape index (κ1) is 20.3. The van der Waals surface area contributed by atoms with Gasteiger partial charge in [0.15, 0.2) is 6.29 Å². The first-order valence-corrected chi connectivity index (χ1v) is 8.21. The molecule has 1 fully saturated rings. The molecule has 5 atom stereocenters. The fraction of sp³-hybridized carbons (Fsp3) is 0.529. The van der Waals surface area contributed by atoms with E-state index in [9.17, 15) is 20.1 Å². The largest absolute Gasteiger partial charge is 0.394 e. The standard InChI is InChI=1S/C17H24N2O7/c1-11(21)19-14-16(23)15(22)13(9-20)26-17(14)24-8-7-18-25-10-12-5-3-2-4-6-12/h2-7,13-17,20,22-23H,8-10H2,1H3,(H,19,21)/t13?,14?,15-,16?,17+/m0/s1. The summed E-state index contributed by atoms with van der Waals surface area (Å²) < 4.78 is 10.9. The number of carbonyl (C=O) groups is 1. The summed E-state index contributed by atoms with van der Waals surface area (Å²) in [5.74, 6) is -0.416. The van der Waals surface area contributed by atoms with Crippen LogP contribution in [0.3, 0.4) is 0 Å². The van der Waals surface area contributed by atoms with Gasteiger partial charge in [-0.1, -0.05) is 35.5 Å². The number of ether oxygens (including phenoxy) is 2. The third kappa shape index (κ3) is 5.75. The number of benzene rings is 1. The van der Waals surface area contributed by atoms with Gasteiger partial charge < -0.3 is 34.9 Å². The van der Waals surface area contributed by atoms with Crippen molar-refractivity contribution in [3.05, 3.63) is 35.9 Å². The molecule has 0 aromatic heterocycles. The minimum atomic E-state index is -1.35. The van der Waals surface area contributed by atoms with E-state index < -0.39 is 43.2 Å². The summed E-state index contributed by atoms with van der Waals surface area (Å²) >= 11 is 0. The second kappa shape index (κ2) is 10.2. The molecule has 4 N–H and O–H groups in total. The number of oxime groups is 1. The fourth-order valence-electron chi connectivity index (χ4n) is 2.52. The van der Waals surface area contributed by atoms with Crippen molar-refractivity contribution in [2.24, 2.45) is 5.16 Å². The lowest BCUT2D eigenvalue weighted by molar-refractivity contribution is -0.265. The Kier molecular flexibility index (Phi) is 7.95. The van der Waals surface area contributed by atoms with E-state index in [1.807, 2.05) is 30.3 Å². The maximum Gasteiger partial charge on any atom is 0.217 e. The van der Waals surface area contributed by atoms with Gasteiger partial charge in [-0.15, -0.1) is 0 Å². The van der Waals surface area contributed by atoms with Crippen LogP contribution in [0.5, 0.6) is 0 Å². The van der Waals surface area contributed by atoms with Crippen molar-refractivity contribution in [1.29, 1.82) is 0 Å². The molecule has 3 unspecified atom stereocenters. The van der Waals surface area contributed by atoms with Crippen molar-refractivity contribution >= 4 is 12.1 Å². The highest BCUT2D eigenvalue weighted by Crippen LogP contribution is 2.22. The SMILES string of the molecule is CC(=O)NC1C(O)[C@@H](O)C(CO)O[C@H]1OCC=NOCc1ccccc1. The van der Waals surface area contributed by atoms with Crippen LogP contribution in [0.2, 0.25) is 0 Å². The van der Waals surface area contributed by atoms with E-state index in [-0.39, 0.29) is 6.61 Å². The average Bonchev–Trinajstić information content (AvgIpc) is 2.64. The van der Waals surface area contributed by atoms with Gasteiger partial charge >= 0.3 is 0 Å². The molecule has 9 heteroatoms. The highest BCUT2D eigenvalue weighted by molar-refractivity contribution is 5.73. The number of hydrogen-bond donors (Lipinski definition) is 4. The Morgan fingerprint density at radius 1 is 1.31 bits per heavy atom. The number of hydrogen-bond acceptors (Lipinski definition) is 8. The van der Waals surface area contributed by atoms with Crippen molar-refractivity contribution in [2.75, 3.05) is 13.2 Å². The van der Waals surface area contributed by atoms with E-state index in [0.29, 0.717) is 6.61 Å². The number of carbonyl (C=O) groups excluding carboxylic acids is 1. The number of aliphatic hydroxyl groups excluding tert-OH is 3. The maximum absolute atomic E-state index is 11.3. The summed E-state index contributed by atoms with van der Waals surface area (Å²) in [7, 11) is 0. The second-order valence-corrected chi connectivity index (χ2v) is 5.81. The predicted molar refractivity (Wildman–Crippen MR) is 91.0 cm³/mol. The Bertz CT molecular complexity index is 584. The van der Waals surface area contributed by atoms with E-state index in [4.69, 9.17) is 14.3 Å². The predicted octanol–water partition coefficient (Wildman–Crippen LogP) is -0.851. The Morgan fingerprint density at radius 3 is 2.69 bits per heavy atom.